The van der Waals surface area contributed by atoms with Crippen LogP contribution in [0, 0.1) is 17.3 Å². The number of aliphatic hydroxyl groups is 3. The number of carbonyl (C=O) groups excluding carboxylic acids is 5. The Labute approximate surface area is 296 Å². The number of benzene rings is 1. The lowest BCUT2D eigenvalue weighted by molar-refractivity contribution is -0.154. The molecule has 16 heteroatoms. The number of esters is 1. The SMILES string of the molecule is COCCC(=O)OCOC(=O)N(Cc1cc(N(C)C)c2c(c1O)C(O)=C1C(=O)C3(O)C(O)=C(C(N)=O)C(=O)C(N(C)C)C3CC1C2)CC(C)(C)C. The van der Waals surface area contributed by atoms with Crippen molar-refractivity contribution >= 4 is 41.0 Å². The number of aliphatic hydroxyl groups excluding tert-OH is 2. The first-order valence-electron chi connectivity index (χ1n) is 16.4. The molecule has 16 nitrogen and oxygen atoms in total. The maximum atomic E-state index is 14.3. The molecule has 4 unspecified atom stereocenters. The number of amides is 2. The van der Waals surface area contributed by atoms with E-state index in [2.05, 4.69) is 0 Å². The van der Waals surface area contributed by atoms with Crippen LogP contribution >= 0.6 is 0 Å². The van der Waals surface area contributed by atoms with Crippen LogP contribution in [0.15, 0.2) is 23.0 Å². The molecule has 280 valence electrons. The van der Waals surface area contributed by atoms with Gasteiger partial charge in [-0.2, -0.15) is 0 Å². The fraction of sp³-hybridized carbons (Fsp3) is 0.571. The van der Waals surface area contributed by atoms with E-state index in [9.17, 15) is 44.4 Å². The number of likely N-dealkylation sites (N-methyl/N-ethyl adjacent to an activating group) is 1. The highest BCUT2D eigenvalue weighted by molar-refractivity contribution is 6.24. The lowest BCUT2D eigenvalue weighted by Gasteiger charge is -2.50. The largest absolute Gasteiger partial charge is 0.508 e. The summed E-state index contributed by atoms with van der Waals surface area (Å²) in [6.07, 6.45) is -0.839. The number of rotatable bonds is 11. The molecule has 3 aliphatic rings. The molecule has 2 amide bonds. The minimum absolute atomic E-state index is 0.0347. The molecule has 1 aromatic carbocycles. The third kappa shape index (κ3) is 7.25. The van der Waals surface area contributed by atoms with Crippen LogP contribution in [0.4, 0.5) is 10.5 Å². The van der Waals surface area contributed by atoms with Gasteiger partial charge < -0.3 is 50.2 Å². The van der Waals surface area contributed by atoms with E-state index in [0.29, 0.717) is 11.3 Å². The molecule has 3 aliphatic carbocycles. The Kier molecular flexibility index (Phi) is 11.1. The van der Waals surface area contributed by atoms with E-state index in [1.165, 1.54) is 31.0 Å². The summed E-state index contributed by atoms with van der Waals surface area (Å²) in [4.78, 5) is 69.6. The number of primary amides is 1. The Morgan fingerprint density at radius 2 is 1.71 bits per heavy atom. The fourth-order valence-corrected chi connectivity index (χ4v) is 7.32. The Morgan fingerprint density at radius 1 is 1.06 bits per heavy atom. The number of hydrogen-bond donors (Lipinski definition) is 5. The van der Waals surface area contributed by atoms with Crippen molar-refractivity contribution in [3.63, 3.8) is 0 Å². The summed E-state index contributed by atoms with van der Waals surface area (Å²) < 4.78 is 15.0. The van der Waals surface area contributed by atoms with Gasteiger partial charge in [-0.05, 0) is 49.9 Å². The first-order chi connectivity index (χ1) is 23.7. The van der Waals surface area contributed by atoms with Crippen LogP contribution in [0.25, 0.3) is 5.76 Å². The van der Waals surface area contributed by atoms with Crippen LogP contribution in [0.2, 0.25) is 0 Å². The van der Waals surface area contributed by atoms with Crippen LogP contribution in [0.1, 0.15) is 50.3 Å². The van der Waals surface area contributed by atoms with Gasteiger partial charge in [0.05, 0.1) is 31.2 Å². The predicted octanol–water partition coefficient (Wildman–Crippen LogP) is 1.55. The molecule has 0 aliphatic heterocycles. The van der Waals surface area contributed by atoms with E-state index in [1.807, 2.05) is 20.8 Å². The van der Waals surface area contributed by atoms with Crippen molar-refractivity contribution in [1.82, 2.24) is 9.80 Å². The number of phenolic OH excluding ortho intramolecular Hbond substituents is 1. The molecular formula is C35H48N4O12. The molecule has 4 rings (SSSR count). The third-order valence-electron chi connectivity index (χ3n) is 9.46. The molecule has 51 heavy (non-hydrogen) atoms. The molecule has 0 radical (unpaired) electrons. The van der Waals surface area contributed by atoms with Crippen molar-refractivity contribution in [1.29, 1.82) is 0 Å². The van der Waals surface area contributed by atoms with Crippen molar-refractivity contribution in [3.05, 3.63) is 39.7 Å². The molecule has 0 saturated heterocycles. The second-order valence-electron chi connectivity index (χ2n) is 14.8. The number of ether oxygens (including phenoxy) is 3. The molecule has 6 N–H and O–H groups in total. The van der Waals surface area contributed by atoms with E-state index >= 15 is 0 Å². The number of carbonyl (C=O) groups is 5. The molecule has 1 fully saturated rings. The molecule has 4 atom stereocenters. The zero-order chi connectivity index (χ0) is 38.3. The number of anilines is 1. The number of fused-ring (bicyclic) bond motifs is 3. The lowest BCUT2D eigenvalue weighted by Crippen LogP contribution is -2.65. The third-order valence-corrected chi connectivity index (χ3v) is 9.46. The molecule has 0 aromatic heterocycles. The highest BCUT2D eigenvalue weighted by Gasteiger charge is 2.64. The van der Waals surface area contributed by atoms with Crippen molar-refractivity contribution in [2.24, 2.45) is 23.0 Å². The summed E-state index contributed by atoms with van der Waals surface area (Å²) in [5, 5.41) is 46.6. The second kappa shape index (κ2) is 14.5. The smallest absolute Gasteiger partial charge is 0.412 e. The summed E-state index contributed by atoms with van der Waals surface area (Å²) in [7, 11) is 7.98. The number of Topliss-reactive ketones (excluding diaryl/α,β-unsaturated/α-hetero) is 2. The lowest BCUT2D eigenvalue weighted by atomic mass is 9.57. The zero-order valence-corrected chi connectivity index (χ0v) is 30.2. The maximum Gasteiger partial charge on any atom is 0.412 e. The molecule has 1 aromatic rings. The van der Waals surface area contributed by atoms with Gasteiger partial charge in [0.25, 0.3) is 5.91 Å². The molecule has 0 heterocycles. The number of ketones is 2. The standard InChI is InChI=1S/C35H48N4O12/c1-34(2,3)15-39(33(47)51-16-50-22(40)9-10-49-8)14-18-13-21(37(4)5)19-11-17-12-20-26(38(6)7)29(43)25(32(36)46)31(45)35(20,48)30(44)23(17)28(42)24(19)27(18)41/h13,17,20,26,41-42,45,48H,9-12,14-16H2,1-8H3,(H2,36,46). The number of nitrogens with zero attached hydrogens (tertiary/aromatic N) is 3. The van der Waals surface area contributed by atoms with Gasteiger partial charge in [0.15, 0.2) is 11.4 Å². The molecule has 0 bridgehead atoms. The van der Waals surface area contributed by atoms with Crippen LogP contribution in [-0.4, -0.2) is 127 Å². The molecule has 1 saturated carbocycles. The van der Waals surface area contributed by atoms with Crippen molar-refractivity contribution in [3.8, 4) is 5.75 Å². The predicted molar refractivity (Wildman–Crippen MR) is 182 cm³/mol. The van der Waals surface area contributed by atoms with Gasteiger partial charge in [0.2, 0.25) is 12.6 Å². The van der Waals surface area contributed by atoms with Gasteiger partial charge in [0.1, 0.15) is 22.8 Å². The van der Waals surface area contributed by atoms with E-state index in [1.54, 1.807) is 25.1 Å². The van der Waals surface area contributed by atoms with Crippen molar-refractivity contribution in [2.45, 2.75) is 58.2 Å². The normalized spacial score (nSPS) is 23.1. The Bertz CT molecular complexity index is 1690. The van der Waals surface area contributed by atoms with Gasteiger partial charge in [-0.3, -0.25) is 24.1 Å². The van der Waals surface area contributed by atoms with Gasteiger partial charge in [-0.25, -0.2) is 4.79 Å². The first-order valence-corrected chi connectivity index (χ1v) is 16.4. The summed E-state index contributed by atoms with van der Waals surface area (Å²) in [5.74, 6) is -8.14. The Morgan fingerprint density at radius 3 is 2.25 bits per heavy atom. The second-order valence-corrected chi connectivity index (χ2v) is 14.8. The quantitative estimate of drug-likeness (QED) is 0.124. The minimum Gasteiger partial charge on any atom is -0.508 e. The summed E-state index contributed by atoms with van der Waals surface area (Å²) in [6.45, 7) is 5.04. The number of nitrogens with two attached hydrogens (primary N) is 1. The van der Waals surface area contributed by atoms with Crippen LogP contribution in [0.5, 0.6) is 5.75 Å². The van der Waals surface area contributed by atoms with Crippen molar-refractivity contribution < 1.29 is 58.6 Å². The summed E-state index contributed by atoms with van der Waals surface area (Å²) in [6, 6.07) is 0.454. The van der Waals surface area contributed by atoms with Crippen LogP contribution < -0.4 is 10.6 Å². The molecular weight excluding hydrogens is 668 g/mol. The topological polar surface area (TPSA) is 230 Å². The highest BCUT2D eigenvalue weighted by Crippen LogP contribution is 2.54. The highest BCUT2D eigenvalue weighted by atomic mass is 16.7. The maximum absolute atomic E-state index is 14.3. The first kappa shape index (κ1) is 39.1. The van der Waals surface area contributed by atoms with Gasteiger partial charge in [-0.1, -0.05) is 20.8 Å². The minimum atomic E-state index is -2.78. The number of hydrogen-bond acceptors (Lipinski definition) is 14. The summed E-state index contributed by atoms with van der Waals surface area (Å²) >= 11 is 0. The number of methoxy groups -OCH3 is 1. The fourth-order valence-electron chi connectivity index (χ4n) is 7.32. The summed E-state index contributed by atoms with van der Waals surface area (Å²) in [5.41, 5.74) is 2.09. The Balaban J connectivity index is 1.81. The van der Waals surface area contributed by atoms with E-state index in [-0.39, 0.29) is 55.7 Å². The molecule has 0 spiro atoms. The number of phenols is 1. The zero-order valence-electron chi connectivity index (χ0n) is 30.2. The Hall–Kier alpha value is -4.67. The number of aromatic hydroxyl groups is 1. The average molecular weight is 717 g/mol. The van der Waals surface area contributed by atoms with Crippen LogP contribution in [-0.2, 0) is 46.4 Å². The van der Waals surface area contributed by atoms with Crippen molar-refractivity contribution in [2.75, 3.05) is 60.1 Å². The average Bonchev–Trinajstić information content (AvgIpc) is 3.01. The van der Waals surface area contributed by atoms with Crippen LogP contribution in [0.3, 0.4) is 0 Å². The van der Waals surface area contributed by atoms with E-state index in [0.717, 1.165) is 0 Å². The van der Waals surface area contributed by atoms with Gasteiger partial charge in [0, 0.05) is 50.5 Å². The monoisotopic (exact) mass is 716 g/mol. The van der Waals surface area contributed by atoms with Gasteiger partial charge >= 0.3 is 12.1 Å². The van der Waals surface area contributed by atoms with Gasteiger partial charge in [-0.15, -0.1) is 0 Å². The van der Waals surface area contributed by atoms with E-state index in [4.69, 9.17) is 19.9 Å². The van der Waals surface area contributed by atoms with E-state index < -0.39 is 88.1 Å².